The quantitative estimate of drug-likeness (QED) is 0.824. The first kappa shape index (κ1) is 17.0. The van der Waals surface area contributed by atoms with Gasteiger partial charge in [-0.2, -0.15) is 0 Å². The lowest BCUT2D eigenvalue weighted by Crippen LogP contribution is -2.30. The summed E-state index contributed by atoms with van der Waals surface area (Å²) in [5, 5.41) is 3.12. The normalized spacial score (nSPS) is 16.3. The first-order valence-corrected chi connectivity index (χ1v) is 8.02. The molecule has 1 fully saturated rings. The summed E-state index contributed by atoms with van der Waals surface area (Å²) in [6.07, 6.45) is 5.28. The number of esters is 1. The fraction of sp³-hybridized carbons (Fsp3) is 0.533. The highest BCUT2D eigenvalue weighted by molar-refractivity contribution is 6.36. The summed E-state index contributed by atoms with van der Waals surface area (Å²) < 4.78 is 5.16. The Morgan fingerprint density at radius 3 is 2.73 bits per heavy atom. The number of aromatic nitrogens is 1. The third-order valence-electron chi connectivity index (χ3n) is 3.66. The van der Waals surface area contributed by atoms with Crippen molar-refractivity contribution in [1.82, 2.24) is 4.98 Å². The zero-order valence-corrected chi connectivity index (χ0v) is 13.8. The molecule has 0 aromatic carbocycles. The molecule has 1 saturated carbocycles. The average molecular weight is 345 g/mol. The first-order chi connectivity index (χ1) is 10.5. The molecule has 1 N–H and O–H groups in total. The van der Waals surface area contributed by atoms with Gasteiger partial charge >= 0.3 is 5.97 Å². The van der Waals surface area contributed by atoms with Crippen LogP contribution in [0.4, 0.5) is 5.82 Å². The number of carbonyl (C=O) groups is 2. The van der Waals surface area contributed by atoms with Crippen LogP contribution >= 0.6 is 23.2 Å². The second-order valence-corrected chi connectivity index (χ2v) is 6.30. The number of anilines is 1. The van der Waals surface area contributed by atoms with Crippen molar-refractivity contribution in [2.24, 2.45) is 5.92 Å². The average Bonchev–Trinajstić information content (AvgIpc) is 2.94. The van der Waals surface area contributed by atoms with Crippen LogP contribution in [0.15, 0.2) is 12.3 Å². The van der Waals surface area contributed by atoms with Gasteiger partial charge in [0.15, 0.2) is 11.9 Å². The van der Waals surface area contributed by atoms with Crippen molar-refractivity contribution in [2.45, 2.75) is 45.1 Å². The van der Waals surface area contributed by atoms with E-state index in [0.717, 1.165) is 25.7 Å². The Balaban J connectivity index is 1.84. The number of halogens is 2. The molecule has 1 atom stereocenters. The summed E-state index contributed by atoms with van der Waals surface area (Å²) in [6.45, 7) is 1.52. The highest BCUT2D eigenvalue weighted by Crippen LogP contribution is 2.28. The van der Waals surface area contributed by atoms with Crippen LogP contribution in [-0.4, -0.2) is 23.0 Å². The number of hydrogen-bond donors (Lipinski definition) is 1. The molecule has 5 nitrogen and oxygen atoms in total. The zero-order valence-electron chi connectivity index (χ0n) is 12.3. The van der Waals surface area contributed by atoms with E-state index in [4.69, 9.17) is 27.9 Å². The molecule has 1 aliphatic carbocycles. The number of rotatable bonds is 5. The van der Waals surface area contributed by atoms with E-state index in [9.17, 15) is 9.59 Å². The molecule has 1 aliphatic rings. The number of pyridine rings is 1. The van der Waals surface area contributed by atoms with Gasteiger partial charge in [-0.1, -0.05) is 36.0 Å². The van der Waals surface area contributed by atoms with Crippen LogP contribution < -0.4 is 5.32 Å². The Bertz CT molecular complexity index is 560. The molecule has 0 bridgehead atoms. The van der Waals surface area contributed by atoms with Gasteiger partial charge in [0, 0.05) is 12.6 Å². The molecule has 0 aliphatic heterocycles. The van der Waals surface area contributed by atoms with E-state index in [1.807, 2.05) is 0 Å². The zero-order chi connectivity index (χ0) is 16.1. The number of hydrogen-bond acceptors (Lipinski definition) is 4. The number of ether oxygens (including phenoxy) is 1. The Kier molecular flexibility index (Phi) is 6.03. The van der Waals surface area contributed by atoms with Gasteiger partial charge in [0.1, 0.15) is 0 Å². The van der Waals surface area contributed by atoms with Gasteiger partial charge in [0.25, 0.3) is 5.91 Å². The summed E-state index contributed by atoms with van der Waals surface area (Å²) in [7, 11) is 0. The molecule has 22 heavy (non-hydrogen) atoms. The number of nitrogens with one attached hydrogen (secondary N) is 1. The lowest BCUT2D eigenvalue weighted by molar-refractivity contribution is -0.154. The van der Waals surface area contributed by atoms with Crippen molar-refractivity contribution < 1.29 is 14.3 Å². The van der Waals surface area contributed by atoms with Crippen molar-refractivity contribution in [3.8, 4) is 0 Å². The van der Waals surface area contributed by atoms with Crippen molar-refractivity contribution in [3.63, 3.8) is 0 Å². The van der Waals surface area contributed by atoms with Gasteiger partial charge in [-0.3, -0.25) is 9.59 Å². The van der Waals surface area contributed by atoms with Crippen LogP contribution in [0, 0.1) is 5.92 Å². The van der Waals surface area contributed by atoms with Crippen molar-refractivity contribution in [1.29, 1.82) is 0 Å². The lowest BCUT2D eigenvalue weighted by atomic mass is 10.0. The smallest absolute Gasteiger partial charge is 0.306 e. The van der Waals surface area contributed by atoms with E-state index in [0.29, 0.717) is 17.4 Å². The summed E-state index contributed by atoms with van der Waals surface area (Å²) in [4.78, 5) is 27.7. The third-order valence-corrected chi connectivity index (χ3v) is 4.15. The summed E-state index contributed by atoms with van der Waals surface area (Å²) in [5.74, 6) is -0.244. The van der Waals surface area contributed by atoms with E-state index < -0.39 is 12.0 Å². The maximum atomic E-state index is 12.0. The maximum Gasteiger partial charge on any atom is 0.306 e. The van der Waals surface area contributed by atoms with Crippen LogP contribution in [0.25, 0.3) is 0 Å². The molecule has 2 rings (SSSR count). The molecular formula is C15H18Cl2N2O3. The standard InChI is InChI=1S/C15H18Cl2N2O3/c1-9(22-13(20)6-10-4-2-3-5-10)15(21)19-14-12(17)7-11(16)8-18-14/h7-10H,2-6H2,1H3,(H,18,19,21)/t9-/m1/s1. The number of nitrogens with zero attached hydrogens (tertiary/aromatic N) is 1. The van der Waals surface area contributed by atoms with Crippen molar-refractivity contribution in [2.75, 3.05) is 5.32 Å². The SMILES string of the molecule is C[C@@H](OC(=O)CC1CCCC1)C(=O)Nc1ncc(Cl)cc1Cl. The van der Waals surface area contributed by atoms with Gasteiger partial charge in [0.05, 0.1) is 10.0 Å². The Labute approximate surface area is 139 Å². The predicted octanol–water partition coefficient (Wildman–Crippen LogP) is 3.84. The second-order valence-electron chi connectivity index (χ2n) is 5.46. The molecular weight excluding hydrogens is 327 g/mol. The molecule has 0 saturated heterocycles. The fourth-order valence-corrected chi connectivity index (χ4v) is 2.90. The highest BCUT2D eigenvalue weighted by atomic mass is 35.5. The van der Waals surface area contributed by atoms with Crippen LogP contribution in [0.2, 0.25) is 10.0 Å². The molecule has 1 aromatic rings. The van der Waals surface area contributed by atoms with E-state index in [1.165, 1.54) is 19.2 Å². The molecule has 1 amide bonds. The molecule has 0 unspecified atom stereocenters. The van der Waals surface area contributed by atoms with Crippen molar-refractivity contribution >= 4 is 40.9 Å². The van der Waals surface area contributed by atoms with E-state index in [2.05, 4.69) is 10.3 Å². The van der Waals surface area contributed by atoms with Crippen LogP contribution in [0.3, 0.4) is 0 Å². The maximum absolute atomic E-state index is 12.0. The Morgan fingerprint density at radius 1 is 1.41 bits per heavy atom. The molecule has 0 radical (unpaired) electrons. The van der Waals surface area contributed by atoms with Gasteiger partial charge in [-0.25, -0.2) is 4.98 Å². The topological polar surface area (TPSA) is 68.3 Å². The van der Waals surface area contributed by atoms with Crippen LogP contribution in [0.1, 0.15) is 39.0 Å². The predicted molar refractivity (Wildman–Crippen MR) is 85.0 cm³/mol. The minimum absolute atomic E-state index is 0.190. The molecule has 1 aromatic heterocycles. The largest absolute Gasteiger partial charge is 0.453 e. The fourth-order valence-electron chi connectivity index (χ4n) is 2.47. The lowest BCUT2D eigenvalue weighted by Gasteiger charge is -2.15. The molecule has 1 heterocycles. The van der Waals surface area contributed by atoms with Gasteiger partial charge in [-0.05, 0) is 31.7 Å². The minimum Gasteiger partial charge on any atom is -0.453 e. The Morgan fingerprint density at radius 2 is 2.09 bits per heavy atom. The number of amides is 1. The summed E-state index contributed by atoms with van der Waals surface area (Å²) >= 11 is 11.7. The van der Waals surface area contributed by atoms with Gasteiger partial charge < -0.3 is 10.1 Å². The monoisotopic (exact) mass is 344 g/mol. The van der Waals surface area contributed by atoms with Gasteiger partial charge in [0.2, 0.25) is 0 Å². The van der Waals surface area contributed by atoms with Crippen molar-refractivity contribution in [3.05, 3.63) is 22.3 Å². The van der Waals surface area contributed by atoms with E-state index in [-0.39, 0.29) is 16.8 Å². The summed E-state index contributed by atoms with van der Waals surface area (Å²) in [6, 6.07) is 1.47. The molecule has 120 valence electrons. The van der Waals surface area contributed by atoms with E-state index in [1.54, 1.807) is 0 Å². The minimum atomic E-state index is -0.901. The summed E-state index contributed by atoms with van der Waals surface area (Å²) in [5.41, 5.74) is 0. The van der Waals surface area contributed by atoms with Crippen LogP contribution in [0.5, 0.6) is 0 Å². The van der Waals surface area contributed by atoms with E-state index >= 15 is 0 Å². The van der Waals surface area contributed by atoms with Gasteiger partial charge in [-0.15, -0.1) is 0 Å². The highest BCUT2D eigenvalue weighted by Gasteiger charge is 2.23. The number of carbonyl (C=O) groups excluding carboxylic acids is 2. The molecule has 0 spiro atoms. The molecule has 7 heteroatoms. The second kappa shape index (κ2) is 7.79. The Hall–Kier alpha value is -1.33. The third kappa shape index (κ3) is 4.85. The first-order valence-electron chi connectivity index (χ1n) is 7.27. The van der Waals surface area contributed by atoms with Crippen LogP contribution in [-0.2, 0) is 14.3 Å².